The van der Waals surface area contributed by atoms with Gasteiger partial charge in [-0.2, -0.15) is 8.78 Å². The van der Waals surface area contributed by atoms with Crippen LogP contribution < -0.4 is 0 Å². The maximum absolute atomic E-state index is 12.9. The van der Waals surface area contributed by atoms with Crippen molar-refractivity contribution in [3.05, 3.63) is 41.2 Å². The standard InChI is InChI=1S/C25H29F2N5O3/c1-14-9-19-20(10-18(14)23-16(3)30-35-17(23)4)28-11-21-24(19)32(15(2)13-34-25(26)27)22(29-21)12-31-5-7-33-8-6-31/h9-11,15,25H,5-8,12-13H2,1-4H3/t15-/m0/s1. The minimum absolute atomic E-state index is 0.126. The number of nitrogens with zero attached hydrogens (tertiary/aromatic N) is 5. The Morgan fingerprint density at radius 1 is 1.11 bits per heavy atom. The Balaban J connectivity index is 1.67. The maximum Gasteiger partial charge on any atom is 0.345 e. The van der Waals surface area contributed by atoms with Crippen molar-refractivity contribution in [2.75, 3.05) is 32.9 Å². The summed E-state index contributed by atoms with van der Waals surface area (Å²) in [5, 5.41) is 5.01. The fraction of sp³-hybridized carbons (Fsp3) is 0.480. The zero-order chi connectivity index (χ0) is 24.7. The number of hydrogen-bond acceptors (Lipinski definition) is 7. The smallest absolute Gasteiger partial charge is 0.345 e. The molecule has 1 fully saturated rings. The third kappa shape index (κ3) is 4.53. The molecule has 0 bridgehead atoms. The molecule has 1 aromatic carbocycles. The van der Waals surface area contributed by atoms with Crippen LogP contribution in [0.15, 0.2) is 22.9 Å². The lowest BCUT2D eigenvalue weighted by Crippen LogP contribution is -2.36. The third-order valence-electron chi connectivity index (χ3n) is 6.61. The average molecular weight is 486 g/mol. The molecule has 5 rings (SSSR count). The molecular formula is C25H29F2N5O3. The Bertz CT molecular complexity index is 1340. The highest BCUT2D eigenvalue weighted by atomic mass is 19.3. The highest BCUT2D eigenvalue weighted by Gasteiger charge is 2.23. The molecule has 1 saturated heterocycles. The van der Waals surface area contributed by atoms with Crippen molar-refractivity contribution in [3.8, 4) is 11.1 Å². The van der Waals surface area contributed by atoms with Crippen LogP contribution in [0.3, 0.4) is 0 Å². The van der Waals surface area contributed by atoms with Gasteiger partial charge in [-0.1, -0.05) is 5.16 Å². The minimum atomic E-state index is -2.83. The fourth-order valence-electron chi connectivity index (χ4n) is 4.95. The number of aromatic nitrogens is 4. The number of morpholine rings is 1. The molecule has 1 atom stereocenters. The predicted octanol–water partition coefficient (Wildman–Crippen LogP) is 4.80. The second-order valence-corrected chi connectivity index (χ2v) is 9.11. The van der Waals surface area contributed by atoms with E-state index in [-0.39, 0.29) is 12.6 Å². The first-order chi connectivity index (χ1) is 16.8. The minimum Gasteiger partial charge on any atom is -0.379 e. The summed E-state index contributed by atoms with van der Waals surface area (Å²) in [5.41, 5.74) is 6.23. The number of benzene rings is 1. The largest absolute Gasteiger partial charge is 0.379 e. The Hall–Kier alpha value is -2.95. The van der Waals surface area contributed by atoms with Gasteiger partial charge in [0.1, 0.15) is 17.1 Å². The molecule has 1 aliphatic rings. The van der Waals surface area contributed by atoms with Crippen LogP contribution in [0.2, 0.25) is 0 Å². The van der Waals surface area contributed by atoms with Crippen molar-refractivity contribution in [3.63, 3.8) is 0 Å². The topological polar surface area (TPSA) is 78.4 Å². The summed E-state index contributed by atoms with van der Waals surface area (Å²) in [6.07, 6.45) is 1.75. The van der Waals surface area contributed by atoms with E-state index >= 15 is 0 Å². The summed E-state index contributed by atoms with van der Waals surface area (Å²) in [7, 11) is 0. The lowest BCUT2D eigenvalue weighted by molar-refractivity contribution is -0.135. The Labute approximate surface area is 201 Å². The van der Waals surface area contributed by atoms with Gasteiger partial charge in [0, 0.05) is 24.0 Å². The maximum atomic E-state index is 12.9. The summed E-state index contributed by atoms with van der Waals surface area (Å²) in [6.45, 7) is 8.30. The van der Waals surface area contributed by atoms with Crippen molar-refractivity contribution >= 4 is 21.9 Å². The van der Waals surface area contributed by atoms with Crippen LogP contribution in [-0.4, -0.2) is 64.1 Å². The van der Waals surface area contributed by atoms with Crippen LogP contribution in [-0.2, 0) is 16.0 Å². The number of ether oxygens (including phenoxy) is 2. The van der Waals surface area contributed by atoms with Gasteiger partial charge in [0.25, 0.3) is 0 Å². The number of halogens is 2. The fourth-order valence-corrected chi connectivity index (χ4v) is 4.95. The Morgan fingerprint density at radius 3 is 2.57 bits per heavy atom. The van der Waals surface area contributed by atoms with Gasteiger partial charge in [0.05, 0.1) is 55.3 Å². The molecule has 0 spiro atoms. The van der Waals surface area contributed by atoms with Gasteiger partial charge in [0.2, 0.25) is 0 Å². The van der Waals surface area contributed by atoms with Crippen LogP contribution in [0.4, 0.5) is 8.78 Å². The summed E-state index contributed by atoms with van der Waals surface area (Å²) < 4.78 is 43.4. The normalized spacial score (nSPS) is 16.1. The average Bonchev–Trinajstić information content (AvgIpc) is 3.37. The second-order valence-electron chi connectivity index (χ2n) is 9.11. The van der Waals surface area contributed by atoms with Crippen molar-refractivity contribution in [2.45, 2.75) is 46.9 Å². The summed E-state index contributed by atoms with van der Waals surface area (Å²) >= 11 is 0. The molecule has 35 heavy (non-hydrogen) atoms. The highest BCUT2D eigenvalue weighted by molar-refractivity contribution is 6.04. The van der Waals surface area contributed by atoms with Gasteiger partial charge >= 0.3 is 6.61 Å². The van der Waals surface area contributed by atoms with Crippen molar-refractivity contribution in [2.24, 2.45) is 0 Å². The molecule has 1 aliphatic heterocycles. The first kappa shape index (κ1) is 23.8. The summed E-state index contributed by atoms with van der Waals surface area (Å²) in [4.78, 5) is 11.9. The van der Waals surface area contributed by atoms with E-state index in [0.717, 1.165) is 69.0 Å². The second kappa shape index (κ2) is 9.60. The number of fused-ring (bicyclic) bond motifs is 3. The van der Waals surface area contributed by atoms with Gasteiger partial charge in [-0.15, -0.1) is 0 Å². The van der Waals surface area contributed by atoms with Gasteiger partial charge in [-0.05, 0) is 51.0 Å². The lowest BCUT2D eigenvalue weighted by atomic mass is 9.96. The molecule has 0 saturated carbocycles. The van der Waals surface area contributed by atoms with Crippen LogP contribution >= 0.6 is 0 Å². The predicted molar refractivity (Wildman–Crippen MR) is 128 cm³/mol. The summed E-state index contributed by atoms with van der Waals surface area (Å²) in [6, 6.07) is 3.78. The van der Waals surface area contributed by atoms with Crippen LogP contribution in [0.5, 0.6) is 0 Å². The van der Waals surface area contributed by atoms with Crippen molar-refractivity contribution in [1.82, 2.24) is 24.6 Å². The molecule has 0 amide bonds. The summed E-state index contributed by atoms with van der Waals surface area (Å²) in [5.74, 6) is 1.55. The Morgan fingerprint density at radius 2 is 1.89 bits per heavy atom. The van der Waals surface area contributed by atoms with Gasteiger partial charge < -0.3 is 18.6 Å². The van der Waals surface area contributed by atoms with Crippen molar-refractivity contribution in [1.29, 1.82) is 0 Å². The molecule has 0 aliphatic carbocycles. The molecule has 3 aromatic heterocycles. The lowest BCUT2D eigenvalue weighted by Gasteiger charge is -2.27. The quantitative estimate of drug-likeness (QED) is 0.372. The van der Waals surface area contributed by atoms with E-state index in [9.17, 15) is 8.78 Å². The zero-order valence-electron chi connectivity index (χ0n) is 20.3. The van der Waals surface area contributed by atoms with E-state index in [4.69, 9.17) is 24.0 Å². The molecule has 4 aromatic rings. The van der Waals surface area contributed by atoms with Crippen LogP contribution in [0, 0.1) is 20.8 Å². The van der Waals surface area contributed by atoms with E-state index in [1.165, 1.54) is 0 Å². The van der Waals surface area contributed by atoms with Gasteiger partial charge in [-0.25, -0.2) is 4.98 Å². The molecule has 10 heteroatoms. The van der Waals surface area contributed by atoms with Crippen molar-refractivity contribution < 1.29 is 22.8 Å². The number of pyridine rings is 1. The van der Waals surface area contributed by atoms with E-state index in [1.807, 2.05) is 38.3 Å². The monoisotopic (exact) mass is 485 g/mol. The third-order valence-corrected chi connectivity index (χ3v) is 6.61. The SMILES string of the molecule is Cc1cc2c(cc1-c1c(C)noc1C)ncc1nc(CN3CCOCC3)n([C@@H](C)COC(F)F)c12. The number of alkyl halides is 2. The molecule has 0 radical (unpaired) electrons. The first-order valence-corrected chi connectivity index (χ1v) is 11.8. The number of imidazole rings is 1. The van der Waals surface area contributed by atoms with E-state index in [1.54, 1.807) is 6.20 Å². The van der Waals surface area contributed by atoms with Gasteiger partial charge in [0.15, 0.2) is 0 Å². The number of rotatable bonds is 7. The molecule has 186 valence electrons. The molecule has 0 N–H and O–H groups in total. The zero-order valence-corrected chi connectivity index (χ0v) is 20.3. The van der Waals surface area contributed by atoms with Crippen LogP contribution in [0.25, 0.3) is 33.1 Å². The molecular weight excluding hydrogens is 456 g/mol. The number of hydrogen-bond donors (Lipinski definition) is 0. The van der Waals surface area contributed by atoms with Gasteiger partial charge in [-0.3, -0.25) is 9.88 Å². The highest BCUT2D eigenvalue weighted by Crippen LogP contribution is 2.35. The van der Waals surface area contributed by atoms with E-state index < -0.39 is 6.61 Å². The molecule has 0 unspecified atom stereocenters. The van der Waals surface area contributed by atoms with Crippen LogP contribution in [0.1, 0.15) is 35.8 Å². The van der Waals surface area contributed by atoms with E-state index in [2.05, 4.69) is 16.1 Å². The Kier molecular flexibility index (Phi) is 6.52. The first-order valence-electron chi connectivity index (χ1n) is 11.8. The molecule has 8 nitrogen and oxygen atoms in total. The van der Waals surface area contributed by atoms with E-state index in [0.29, 0.717) is 19.8 Å². The number of aryl methyl sites for hydroxylation is 3. The molecule has 4 heterocycles.